The molecule has 0 aliphatic rings. The molecule has 1 amide bonds. The summed E-state index contributed by atoms with van der Waals surface area (Å²) in [5, 5.41) is 2.86. The summed E-state index contributed by atoms with van der Waals surface area (Å²) >= 11 is 0. The Kier molecular flexibility index (Phi) is 7.90. The largest absolute Gasteiger partial charge is 0.573 e. The molecule has 0 bridgehead atoms. The van der Waals surface area contributed by atoms with Gasteiger partial charge in [0.25, 0.3) is 0 Å². The summed E-state index contributed by atoms with van der Waals surface area (Å²) in [5.74, 6) is 0.303. The standard InChI is InChI=1S/C21H25F3N2O3/c1-15(20(27)25-13-12-16-8-10-18(28-3)11-9-16)26(2)14-17-6-4-5-7-19(17)29-21(22,23)24/h4-11,15H,12-14H2,1-3H3,(H,25,27). The van der Waals surface area contributed by atoms with Crippen molar-refractivity contribution in [2.75, 3.05) is 20.7 Å². The number of hydrogen-bond donors (Lipinski definition) is 1. The molecule has 1 atom stereocenters. The lowest BCUT2D eigenvalue weighted by Gasteiger charge is -2.25. The van der Waals surface area contributed by atoms with Gasteiger partial charge in [0.1, 0.15) is 11.5 Å². The zero-order valence-corrected chi connectivity index (χ0v) is 16.6. The first-order valence-corrected chi connectivity index (χ1v) is 9.14. The summed E-state index contributed by atoms with van der Waals surface area (Å²) < 4.78 is 46.9. The molecule has 1 unspecified atom stereocenters. The average molecular weight is 410 g/mol. The van der Waals surface area contributed by atoms with E-state index in [4.69, 9.17) is 4.74 Å². The van der Waals surface area contributed by atoms with Crippen LogP contribution in [0.4, 0.5) is 13.2 Å². The number of amides is 1. The van der Waals surface area contributed by atoms with Gasteiger partial charge in [-0.1, -0.05) is 30.3 Å². The number of ether oxygens (including phenoxy) is 2. The maximum Gasteiger partial charge on any atom is 0.573 e. The van der Waals surface area contributed by atoms with Crippen LogP contribution < -0.4 is 14.8 Å². The van der Waals surface area contributed by atoms with Crippen LogP contribution in [-0.2, 0) is 17.8 Å². The van der Waals surface area contributed by atoms with Gasteiger partial charge in [-0.25, -0.2) is 0 Å². The van der Waals surface area contributed by atoms with Crippen LogP contribution in [0.5, 0.6) is 11.5 Å². The number of likely N-dealkylation sites (N-methyl/N-ethyl adjacent to an activating group) is 1. The summed E-state index contributed by atoms with van der Waals surface area (Å²) in [6.07, 6.45) is -4.10. The molecule has 2 aromatic rings. The number of rotatable bonds is 9. The summed E-state index contributed by atoms with van der Waals surface area (Å²) in [6.45, 7) is 2.30. The van der Waals surface area contributed by atoms with Gasteiger partial charge in [-0.2, -0.15) is 0 Å². The van der Waals surface area contributed by atoms with Crippen molar-refractivity contribution in [3.8, 4) is 11.5 Å². The molecule has 0 aliphatic heterocycles. The fraction of sp³-hybridized carbons (Fsp3) is 0.381. The molecule has 0 fully saturated rings. The predicted octanol–water partition coefficient (Wildman–Crippen LogP) is 3.77. The highest BCUT2D eigenvalue weighted by atomic mass is 19.4. The number of carbonyl (C=O) groups is 1. The number of nitrogens with one attached hydrogen (secondary N) is 1. The number of benzene rings is 2. The van der Waals surface area contributed by atoms with Crippen LogP contribution in [0.25, 0.3) is 0 Å². The van der Waals surface area contributed by atoms with Crippen LogP contribution in [0.15, 0.2) is 48.5 Å². The maximum atomic E-state index is 12.6. The summed E-state index contributed by atoms with van der Waals surface area (Å²) in [5.41, 5.74) is 1.41. The molecule has 5 nitrogen and oxygen atoms in total. The summed E-state index contributed by atoms with van der Waals surface area (Å²) in [4.78, 5) is 14.1. The first-order valence-electron chi connectivity index (χ1n) is 9.14. The van der Waals surface area contributed by atoms with Crippen molar-refractivity contribution in [3.63, 3.8) is 0 Å². The third-order valence-corrected chi connectivity index (χ3v) is 4.53. The van der Waals surface area contributed by atoms with E-state index < -0.39 is 12.4 Å². The summed E-state index contributed by atoms with van der Waals surface area (Å²) in [7, 11) is 3.28. The Hall–Kier alpha value is -2.74. The molecular weight excluding hydrogens is 385 g/mol. The van der Waals surface area contributed by atoms with Gasteiger partial charge < -0.3 is 14.8 Å². The van der Waals surface area contributed by atoms with Gasteiger partial charge in [0, 0.05) is 18.7 Å². The Bertz CT molecular complexity index is 795. The number of hydrogen-bond acceptors (Lipinski definition) is 4. The van der Waals surface area contributed by atoms with Gasteiger partial charge in [-0.05, 0) is 44.2 Å². The normalized spacial score (nSPS) is 12.5. The highest BCUT2D eigenvalue weighted by Gasteiger charge is 2.32. The van der Waals surface area contributed by atoms with Crippen LogP contribution in [0.3, 0.4) is 0 Å². The van der Waals surface area contributed by atoms with Crippen LogP contribution in [0, 0.1) is 0 Å². The number of carbonyl (C=O) groups excluding carboxylic acids is 1. The van der Waals surface area contributed by atoms with Gasteiger partial charge >= 0.3 is 6.36 Å². The SMILES string of the molecule is COc1ccc(CCNC(=O)C(C)N(C)Cc2ccccc2OC(F)(F)F)cc1. The number of alkyl halides is 3. The Morgan fingerprint density at radius 3 is 2.41 bits per heavy atom. The minimum Gasteiger partial charge on any atom is -0.497 e. The Balaban J connectivity index is 1.87. The van der Waals surface area contributed by atoms with Gasteiger partial charge in [-0.15, -0.1) is 13.2 Å². The molecular formula is C21H25F3N2O3. The third-order valence-electron chi connectivity index (χ3n) is 4.53. The molecule has 0 aliphatic carbocycles. The number of nitrogens with zero attached hydrogens (tertiary/aromatic N) is 1. The van der Waals surface area contributed by atoms with E-state index in [1.807, 2.05) is 24.3 Å². The number of para-hydroxylation sites is 1. The molecule has 0 saturated heterocycles. The number of halogens is 3. The first-order chi connectivity index (χ1) is 13.7. The topological polar surface area (TPSA) is 50.8 Å². The molecule has 29 heavy (non-hydrogen) atoms. The lowest BCUT2D eigenvalue weighted by molar-refractivity contribution is -0.275. The van der Waals surface area contributed by atoms with Crippen molar-refractivity contribution in [2.45, 2.75) is 32.3 Å². The van der Waals surface area contributed by atoms with Gasteiger partial charge in [0.15, 0.2) is 0 Å². The average Bonchev–Trinajstić information content (AvgIpc) is 2.68. The second-order valence-corrected chi connectivity index (χ2v) is 6.64. The van der Waals surface area contributed by atoms with Gasteiger partial charge in [-0.3, -0.25) is 9.69 Å². The molecule has 0 heterocycles. The maximum absolute atomic E-state index is 12.6. The highest BCUT2D eigenvalue weighted by Crippen LogP contribution is 2.27. The number of methoxy groups -OCH3 is 1. The van der Waals surface area contributed by atoms with Gasteiger partial charge in [0.05, 0.1) is 13.2 Å². The van der Waals surface area contributed by atoms with E-state index in [1.54, 1.807) is 38.1 Å². The second kappa shape index (κ2) is 10.2. The van der Waals surface area contributed by atoms with Crippen molar-refractivity contribution in [1.29, 1.82) is 0 Å². The zero-order valence-electron chi connectivity index (χ0n) is 16.6. The fourth-order valence-corrected chi connectivity index (χ4v) is 2.73. The Labute approximate surface area is 168 Å². The second-order valence-electron chi connectivity index (χ2n) is 6.64. The van der Waals surface area contributed by atoms with E-state index in [-0.39, 0.29) is 18.2 Å². The molecule has 2 rings (SSSR count). The van der Waals surface area contributed by atoms with E-state index in [0.717, 1.165) is 11.3 Å². The zero-order chi connectivity index (χ0) is 21.4. The molecule has 0 aromatic heterocycles. The van der Waals surface area contributed by atoms with E-state index in [0.29, 0.717) is 18.5 Å². The monoisotopic (exact) mass is 410 g/mol. The quantitative estimate of drug-likeness (QED) is 0.684. The van der Waals surface area contributed by atoms with E-state index in [9.17, 15) is 18.0 Å². The highest BCUT2D eigenvalue weighted by molar-refractivity contribution is 5.81. The smallest absolute Gasteiger partial charge is 0.497 e. The Morgan fingerprint density at radius 1 is 1.14 bits per heavy atom. The lowest BCUT2D eigenvalue weighted by atomic mass is 10.1. The van der Waals surface area contributed by atoms with E-state index >= 15 is 0 Å². The minimum atomic E-state index is -4.76. The van der Waals surface area contributed by atoms with Crippen LogP contribution >= 0.6 is 0 Å². The lowest BCUT2D eigenvalue weighted by Crippen LogP contribution is -2.43. The van der Waals surface area contributed by atoms with Crippen molar-refractivity contribution in [3.05, 3.63) is 59.7 Å². The van der Waals surface area contributed by atoms with Crippen molar-refractivity contribution < 1.29 is 27.4 Å². The molecule has 0 spiro atoms. The molecule has 0 radical (unpaired) electrons. The summed E-state index contributed by atoms with van der Waals surface area (Å²) in [6, 6.07) is 13.0. The van der Waals surface area contributed by atoms with Crippen LogP contribution in [0.2, 0.25) is 0 Å². The van der Waals surface area contributed by atoms with E-state index in [2.05, 4.69) is 10.1 Å². The van der Waals surface area contributed by atoms with E-state index in [1.165, 1.54) is 12.1 Å². The molecule has 0 saturated carbocycles. The molecule has 2 aromatic carbocycles. The van der Waals surface area contributed by atoms with Crippen LogP contribution in [-0.4, -0.2) is 43.9 Å². The minimum absolute atomic E-state index is 0.138. The molecule has 158 valence electrons. The van der Waals surface area contributed by atoms with Crippen molar-refractivity contribution in [1.82, 2.24) is 10.2 Å². The van der Waals surface area contributed by atoms with Gasteiger partial charge in [0.2, 0.25) is 5.91 Å². The first kappa shape index (κ1) is 22.5. The Morgan fingerprint density at radius 2 is 1.79 bits per heavy atom. The van der Waals surface area contributed by atoms with Crippen molar-refractivity contribution >= 4 is 5.91 Å². The molecule has 1 N–H and O–H groups in total. The van der Waals surface area contributed by atoms with Crippen molar-refractivity contribution in [2.24, 2.45) is 0 Å². The fourth-order valence-electron chi connectivity index (χ4n) is 2.73. The predicted molar refractivity (Wildman–Crippen MR) is 104 cm³/mol. The van der Waals surface area contributed by atoms with Crippen LogP contribution in [0.1, 0.15) is 18.1 Å². The molecule has 8 heteroatoms. The third kappa shape index (κ3) is 7.30.